The number of hydrogen-bond acceptors (Lipinski definition) is 6. The van der Waals surface area contributed by atoms with Crippen LogP contribution in [0.5, 0.6) is 11.5 Å². The van der Waals surface area contributed by atoms with Crippen LogP contribution < -0.4 is 14.8 Å². The van der Waals surface area contributed by atoms with Crippen LogP contribution in [0.1, 0.15) is 18.1 Å². The van der Waals surface area contributed by atoms with Crippen molar-refractivity contribution in [2.45, 2.75) is 13.8 Å². The molecule has 0 saturated carbocycles. The van der Waals surface area contributed by atoms with Crippen LogP contribution in [0.25, 0.3) is 6.08 Å². The number of aryl methyl sites for hydroxylation is 1. The largest absolute Gasteiger partial charge is 0.490 e. The molecule has 31 heavy (non-hydrogen) atoms. The number of rotatable bonds is 7. The number of carbonyl (C=O) groups excluding carboxylic acids is 2. The Morgan fingerprint density at radius 2 is 2.06 bits per heavy atom. The van der Waals surface area contributed by atoms with Crippen molar-refractivity contribution in [2.24, 2.45) is 0 Å². The van der Waals surface area contributed by atoms with Crippen LogP contribution >= 0.6 is 46.6 Å². The van der Waals surface area contributed by atoms with E-state index in [2.05, 4.69) is 27.9 Å². The average molecular weight is 568 g/mol. The summed E-state index contributed by atoms with van der Waals surface area (Å²) in [5, 5.41) is 2.82. The minimum atomic E-state index is -0.264. The number of nitrogens with one attached hydrogen (secondary N) is 1. The molecular weight excluding hydrogens is 547 g/mol. The Balaban J connectivity index is 1.77. The SMILES string of the molecule is CCOc1cc(/C=C2\SC(=S)N(C)C2=O)cc(I)c1OCC(=O)Nc1cccc(C)c1. The van der Waals surface area contributed by atoms with E-state index >= 15 is 0 Å². The molecule has 2 aromatic rings. The van der Waals surface area contributed by atoms with Crippen molar-refractivity contribution in [2.75, 3.05) is 25.6 Å². The van der Waals surface area contributed by atoms with Crippen LogP contribution in [0.4, 0.5) is 5.69 Å². The van der Waals surface area contributed by atoms with E-state index in [4.69, 9.17) is 21.7 Å². The molecule has 1 heterocycles. The number of carbonyl (C=O) groups is 2. The average Bonchev–Trinajstić information content (AvgIpc) is 2.94. The van der Waals surface area contributed by atoms with Crippen molar-refractivity contribution in [3.63, 3.8) is 0 Å². The van der Waals surface area contributed by atoms with Gasteiger partial charge in [0.25, 0.3) is 11.8 Å². The van der Waals surface area contributed by atoms with Crippen molar-refractivity contribution in [3.8, 4) is 11.5 Å². The zero-order valence-electron chi connectivity index (χ0n) is 17.2. The maximum atomic E-state index is 12.3. The first-order valence-corrected chi connectivity index (χ1v) is 11.8. The number of nitrogens with zero attached hydrogens (tertiary/aromatic N) is 1. The Morgan fingerprint density at radius 3 is 2.71 bits per heavy atom. The summed E-state index contributed by atoms with van der Waals surface area (Å²) in [6.07, 6.45) is 1.78. The monoisotopic (exact) mass is 568 g/mol. The summed E-state index contributed by atoms with van der Waals surface area (Å²) in [6, 6.07) is 11.2. The minimum Gasteiger partial charge on any atom is -0.490 e. The minimum absolute atomic E-state index is 0.129. The second kappa shape index (κ2) is 10.5. The molecule has 1 aliphatic rings. The van der Waals surface area contributed by atoms with E-state index in [1.54, 1.807) is 19.2 Å². The van der Waals surface area contributed by atoms with E-state index < -0.39 is 0 Å². The van der Waals surface area contributed by atoms with Crippen LogP contribution in [0, 0.1) is 10.5 Å². The van der Waals surface area contributed by atoms with E-state index in [1.807, 2.05) is 44.2 Å². The molecule has 9 heteroatoms. The van der Waals surface area contributed by atoms with Gasteiger partial charge in [-0.1, -0.05) is 36.1 Å². The fourth-order valence-corrected chi connectivity index (χ4v) is 4.79. The molecule has 0 spiro atoms. The first-order chi connectivity index (χ1) is 14.8. The molecule has 0 bridgehead atoms. The van der Waals surface area contributed by atoms with Gasteiger partial charge in [0.15, 0.2) is 18.1 Å². The van der Waals surface area contributed by atoms with Gasteiger partial charge in [0.05, 0.1) is 15.1 Å². The second-order valence-electron chi connectivity index (χ2n) is 6.71. The molecule has 3 rings (SSSR count). The predicted molar refractivity (Wildman–Crippen MR) is 137 cm³/mol. The molecule has 1 saturated heterocycles. The van der Waals surface area contributed by atoms with Gasteiger partial charge >= 0.3 is 0 Å². The Labute approximate surface area is 204 Å². The molecule has 0 atom stereocenters. The topological polar surface area (TPSA) is 67.9 Å². The van der Waals surface area contributed by atoms with Gasteiger partial charge in [0.2, 0.25) is 0 Å². The van der Waals surface area contributed by atoms with E-state index in [-0.39, 0.29) is 18.4 Å². The van der Waals surface area contributed by atoms with Crippen LogP contribution in [-0.4, -0.2) is 41.3 Å². The highest BCUT2D eigenvalue weighted by Gasteiger charge is 2.28. The second-order valence-corrected chi connectivity index (χ2v) is 9.55. The Bertz CT molecular complexity index is 1070. The van der Waals surface area contributed by atoms with E-state index in [0.29, 0.717) is 27.3 Å². The number of anilines is 1. The summed E-state index contributed by atoms with van der Waals surface area (Å²) in [5.74, 6) is 0.605. The molecule has 6 nitrogen and oxygen atoms in total. The third kappa shape index (κ3) is 5.98. The first kappa shape index (κ1) is 23.6. The maximum Gasteiger partial charge on any atom is 0.265 e. The van der Waals surface area contributed by atoms with E-state index in [9.17, 15) is 9.59 Å². The lowest BCUT2D eigenvalue weighted by Gasteiger charge is -2.15. The molecule has 162 valence electrons. The lowest BCUT2D eigenvalue weighted by atomic mass is 10.2. The van der Waals surface area contributed by atoms with E-state index in [1.165, 1.54) is 16.7 Å². The van der Waals surface area contributed by atoms with Gasteiger partial charge in [-0.05, 0) is 77.9 Å². The molecule has 1 fully saturated rings. The third-order valence-electron chi connectivity index (χ3n) is 4.27. The van der Waals surface area contributed by atoms with Crippen molar-refractivity contribution in [1.82, 2.24) is 4.90 Å². The van der Waals surface area contributed by atoms with Crippen LogP contribution in [0.3, 0.4) is 0 Å². The zero-order valence-corrected chi connectivity index (χ0v) is 21.0. The Kier molecular flexibility index (Phi) is 7.95. The summed E-state index contributed by atoms with van der Waals surface area (Å²) in [7, 11) is 1.66. The smallest absolute Gasteiger partial charge is 0.265 e. The van der Waals surface area contributed by atoms with E-state index in [0.717, 1.165) is 20.4 Å². The molecule has 2 aromatic carbocycles. The predicted octanol–water partition coefficient (Wildman–Crippen LogP) is 4.85. The number of benzene rings is 2. The molecule has 1 N–H and O–H groups in total. The Morgan fingerprint density at radius 1 is 1.29 bits per heavy atom. The standard InChI is InChI=1S/C22H21IN2O4S2/c1-4-28-17-10-14(11-18-21(27)25(3)22(30)31-18)9-16(23)20(17)29-12-19(26)24-15-7-5-6-13(2)8-15/h5-11H,4,12H2,1-3H3,(H,24,26)/b18-11-. The fraction of sp³-hybridized carbons (Fsp3) is 0.227. The zero-order chi connectivity index (χ0) is 22.5. The van der Waals surface area contributed by atoms with Crippen LogP contribution in [-0.2, 0) is 9.59 Å². The summed E-state index contributed by atoms with van der Waals surface area (Å²) < 4.78 is 12.8. The highest BCUT2D eigenvalue weighted by molar-refractivity contribution is 14.1. The van der Waals surface area contributed by atoms with Gasteiger partial charge in [-0.25, -0.2) is 0 Å². The summed E-state index contributed by atoms with van der Waals surface area (Å²) in [4.78, 5) is 26.6. The quantitative estimate of drug-likeness (QED) is 0.293. The number of amides is 2. The highest BCUT2D eigenvalue weighted by atomic mass is 127. The number of thioether (sulfide) groups is 1. The van der Waals surface area contributed by atoms with Crippen molar-refractivity contribution >= 4 is 74.5 Å². The number of thiocarbonyl (C=S) groups is 1. The molecular formula is C22H21IN2O4S2. The van der Waals surface area contributed by atoms with Crippen molar-refractivity contribution < 1.29 is 19.1 Å². The van der Waals surface area contributed by atoms with Crippen LogP contribution in [0.15, 0.2) is 41.3 Å². The molecule has 0 unspecified atom stereocenters. The summed E-state index contributed by atoms with van der Waals surface area (Å²) in [6.45, 7) is 4.11. The third-order valence-corrected chi connectivity index (χ3v) is 6.55. The highest BCUT2D eigenvalue weighted by Crippen LogP contribution is 2.37. The number of ether oxygens (including phenoxy) is 2. The molecule has 0 aromatic heterocycles. The lowest BCUT2D eigenvalue weighted by Crippen LogP contribution is -2.22. The number of halogens is 1. The van der Waals surface area contributed by atoms with Crippen LogP contribution in [0.2, 0.25) is 0 Å². The lowest BCUT2D eigenvalue weighted by molar-refractivity contribution is -0.121. The number of hydrogen-bond donors (Lipinski definition) is 1. The molecule has 0 radical (unpaired) electrons. The van der Waals surface area contributed by atoms with Gasteiger partial charge in [-0.15, -0.1) is 0 Å². The molecule has 2 amide bonds. The normalized spacial score (nSPS) is 14.8. The molecule has 1 aliphatic heterocycles. The van der Waals surface area contributed by atoms with Gasteiger partial charge in [-0.3, -0.25) is 14.5 Å². The molecule has 0 aliphatic carbocycles. The fourth-order valence-electron chi connectivity index (χ4n) is 2.83. The van der Waals surface area contributed by atoms with Gasteiger partial charge < -0.3 is 14.8 Å². The number of likely N-dealkylation sites (N-methyl/N-ethyl adjacent to an activating group) is 1. The Hall–Kier alpha value is -2.11. The summed E-state index contributed by atoms with van der Waals surface area (Å²) >= 11 is 8.58. The van der Waals surface area contributed by atoms with Gasteiger partial charge in [0.1, 0.15) is 4.32 Å². The first-order valence-electron chi connectivity index (χ1n) is 9.45. The van der Waals surface area contributed by atoms with Gasteiger partial charge in [0, 0.05) is 12.7 Å². The van der Waals surface area contributed by atoms with Crippen molar-refractivity contribution in [1.29, 1.82) is 0 Å². The summed E-state index contributed by atoms with van der Waals surface area (Å²) in [5.41, 5.74) is 2.57. The maximum absolute atomic E-state index is 12.3. The van der Waals surface area contributed by atoms with Gasteiger partial charge in [-0.2, -0.15) is 0 Å². The van der Waals surface area contributed by atoms with Crippen molar-refractivity contribution in [3.05, 3.63) is 56.0 Å².